The minimum atomic E-state index is -4.26. The van der Waals surface area contributed by atoms with Gasteiger partial charge in [0.2, 0.25) is 0 Å². The molecular weight excluding hydrogens is 355 g/mol. The normalized spacial score (nSPS) is 14.0. The summed E-state index contributed by atoms with van der Waals surface area (Å²) < 4.78 is 39.9. The Morgan fingerprint density at radius 2 is 2.00 bits per heavy atom. The third-order valence-electron chi connectivity index (χ3n) is 4.53. The summed E-state index contributed by atoms with van der Waals surface area (Å²) in [5.41, 5.74) is 3.10. The Balaban J connectivity index is 1.73. The van der Waals surface area contributed by atoms with E-state index < -0.39 is 12.6 Å². The van der Waals surface area contributed by atoms with E-state index in [1.54, 1.807) is 35.2 Å². The Morgan fingerprint density at radius 3 is 2.81 bits per heavy atom. The van der Waals surface area contributed by atoms with Gasteiger partial charge in [-0.3, -0.25) is 9.36 Å². The van der Waals surface area contributed by atoms with E-state index in [1.807, 2.05) is 12.1 Å². The van der Waals surface area contributed by atoms with Gasteiger partial charge < -0.3 is 5.32 Å². The highest BCUT2D eigenvalue weighted by molar-refractivity contribution is 5.97. The molecule has 3 aromatic rings. The molecule has 0 spiro atoms. The van der Waals surface area contributed by atoms with Crippen molar-refractivity contribution in [2.75, 3.05) is 6.54 Å². The molecule has 1 aliphatic heterocycles. The van der Waals surface area contributed by atoms with Gasteiger partial charge in [0, 0.05) is 35.8 Å². The first kappa shape index (κ1) is 17.3. The molecule has 4 rings (SSSR count). The maximum Gasteiger partial charge on any atom is 0.393 e. The monoisotopic (exact) mass is 371 g/mol. The average Bonchev–Trinajstić information content (AvgIpc) is 3.10. The molecule has 138 valence electrons. The largest absolute Gasteiger partial charge is 0.393 e. The van der Waals surface area contributed by atoms with Crippen LogP contribution in [0.2, 0.25) is 0 Å². The van der Waals surface area contributed by atoms with Crippen molar-refractivity contribution in [3.8, 4) is 17.1 Å². The third kappa shape index (κ3) is 3.58. The number of imidazole rings is 1. The molecule has 2 aromatic carbocycles. The molecule has 1 aromatic heterocycles. The maximum atomic E-state index is 12.7. The Morgan fingerprint density at radius 1 is 1.15 bits per heavy atom. The maximum absolute atomic E-state index is 12.7. The molecule has 0 bridgehead atoms. The number of halogens is 3. The summed E-state index contributed by atoms with van der Waals surface area (Å²) in [5.74, 6) is 0.405. The van der Waals surface area contributed by atoms with E-state index >= 15 is 0 Å². The third-order valence-corrected chi connectivity index (χ3v) is 4.53. The van der Waals surface area contributed by atoms with Gasteiger partial charge in [-0.15, -0.1) is 0 Å². The number of rotatable bonds is 3. The van der Waals surface area contributed by atoms with Gasteiger partial charge in [0.1, 0.15) is 5.82 Å². The zero-order valence-corrected chi connectivity index (χ0v) is 14.3. The van der Waals surface area contributed by atoms with E-state index in [0.717, 1.165) is 17.7 Å². The number of fused-ring (bicyclic) bond motifs is 1. The quantitative estimate of drug-likeness (QED) is 0.758. The van der Waals surface area contributed by atoms with Crippen LogP contribution in [-0.2, 0) is 12.8 Å². The summed E-state index contributed by atoms with van der Waals surface area (Å²) in [6, 6.07) is 11.9. The molecular formula is C20H16F3N3O. The van der Waals surface area contributed by atoms with Gasteiger partial charge in [-0.05, 0) is 35.7 Å². The van der Waals surface area contributed by atoms with Gasteiger partial charge in [-0.1, -0.05) is 24.3 Å². The first-order chi connectivity index (χ1) is 12.9. The van der Waals surface area contributed by atoms with Crippen molar-refractivity contribution < 1.29 is 18.0 Å². The Labute approximate surface area is 153 Å². The van der Waals surface area contributed by atoms with Crippen molar-refractivity contribution in [1.29, 1.82) is 0 Å². The molecule has 1 aliphatic rings. The minimum Gasteiger partial charge on any atom is -0.352 e. The van der Waals surface area contributed by atoms with E-state index in [1.165, 1.54) is 12.1 Å². The molecule has 4 nitrogen and oxygen atoms in total. The fourth-order valence-electron chi connectivity index (χ4n) is 3.33. The minimum absolute atomic E-state index is 0.119. The molecule has 0 aliphatic carbocycles. The number of hydrogen-bond acceptors (Lipinski definition) is 2. The smallest absolute Gasteiger partial charge is 0.352 e. The zero-order valence-electron chi connectivity index (χ0n) is 14.3. The van der Waals surface area contributed by atoms with Gasteiger partial charge in [0.25, 0.3) is 5.91 Å². The average molecular weight is 371 g/mol. The second-order valence-electron chi connectivity index (χ2n) is 6.46. The lowest BCUT2D eigenvalue weighted by atomic mass is 9.99. The molecule has 2 heterocycles. The number of benzene rings is 2. The highest BCUT2D eigenvalue weighted by Crippen LogP contribution is 2.27. The number of alkyl halides is 3. The van der Waals surface area contributed by atoms with E-state index in [9.17, 15) is 18.0 Å². The zero-order chi connectivity index (χ0) is 19.0. The number of hydrogen-bond donors (Lipinski definition) is 1. The van der Waals surface area contributed by atoms with Crippen LogP contribution in [0, 0.1) is 0 Å². The molecule has 27 heavy (non-hydrogen) atoms. The van der Waals surface area contributed by atoms with Crippen molar-refractivity contribution in [3.63, 3.8) is 0 Å². The molecule has 1 amide bonds. The number of nitrogens with one attached hydrogen (secondary N) is 1. The molecule has 0 fully saturated rings. The van der Waals surface area contributed by atoms with E-state index in [2.05, 4.69) is 10.3 Å². The molecule has 0 saturated heterocycles. The highest BCUT2D eigenvalue weighted by atomic mass is 19.4. The summed E-state index contributed by atoms with van der Waals surface area (Å²) in [6.45, 7) is 0.619. The van der Waals surface area contributed by atoms with Crippen LogP contribution in [0.5, 0.6) is 0 Å². The predicted octanol–water partition coefficient (Wildman–Crippen LogP) is 3.93. The van der Waals surface area contributed by atoms with Gasteiger partial charge in [-0.25, -0.2) is 4.98 Å². The van der Waals surface area contributed by atoms with Crippen LogP contribution in [0.3, 0.4) is 0 Å². The number of amides is 1. The SMILES string of the molecule is O=C1NCCc2ccc(-n3ccnc3-c3cccc(CC(F)(F)F)c3)cc21. The molecule has 0 saturated carbocycles. The van der Waals surface area contributed by atoms with Crippen molar-refractivity contribution >= 4 is 5.91 Å². The first-order valence-corrected chi connectivity index (χ1v) is 8.52. The Kier molecular flexibility index (Phi) is 4.22. The second kappa shape index (κ2) is 6.57. The summed E-state index contributed by atoms with van der Waals surface area (Å²) in [6.07, 6.45) is -1.16. The molecule has 0 radical (unpaired) electrons. The van der Waals surface area contributed by atoms with Crippen LogP contribution in [0.1, 0.15) is 21.5 Å². The number of aromatic nitrogens is 2. The van der Waals surface area contributed by atoms with Gasteiger partial charge in [-0.2, -0.15) is 13.2 Å². The fraction of sp³-hybridized carbons (Fsp3) is 0.200. The number of carbonyl (C=O) groups is 1. The molecule has 0 unspecified atom stereocenters. The standard InChI is InChI=1S/C20H16F3N3O/c21-20(22,23)12-13-2-1-3-15(10-13)18-24-8-9-26(18)16-5-4-14-6-7-25-19(27)17(14)11-16/h1-5,8-11H,6-7,12H2,(H,25,27). The number of nitrogens with zero attached hydrogens (tertiary/aromatic N) is 2. The van der Waals surface area contributed by atoms with Crippen molar-refractivity contribution in [2.24, 2.45) is 0 Å². The summed E-state index contributed by atoms with van der Waals surface area (Å²) in [4.78, 5) is 16.4. The molecule has 1 N–H and O–H groups in total. The van der Waals surface area contributed by atoms with Gasteiger partial charge >= 0.3 is 6.18 Å². The van der Waals surface area contributed by atoms with Crippen molar-refractivity contribution in [3.05, 3.63) is 71.5 Å². The fourth-order valence-corrected chi connectivity index (χ4v) is 3.33. The molecule has 0 atom stereocenters. The Bertz CT molecular complexity index is 1010. The van der Waals surface area contributed by atoms with Crippen LogP contribution < -0.4 is 5.32 Å². The summed E-state index contributed by atoms with van der Waals surface area (Å²) in [7, 11) is 0. The topological polar surface area (TPSA) is 46.9 Å². The van der Waals surface area contributed by atoms with Crippen LogP contribution in [-0.4, -0.2) is 28.2 Å². The lowest BCUT2D eigenvalue weighted by Gasteiger charge is -2.18. The van der Waals surface area contributed by atoms with E-state index in [-0.39, 0.29) is 11.5 Å². The highest BCUT2D eigenvalue weighted by Gasteiger charge is 2.27. The van der Waals surface area contributed by atoms with Crippen molar-refractivity contribution in [2.45, 2.75) is 19.0 Å². The Hall–Kier alpha value is -3.09. The van der Waals surface area contributed by atoms with E-state index in [4.69, 9.17) is 0 Å². The van der Waals surface area contributed by atoms with Crippen LogP contribution in [0.4, 0.5) is 13.2 Å². The van der Waals surface area contributed by atoms with Crippen molar-refractivity contribution in [1.82, 2.24) is 14.9 Å². The predicted molar refractivity (Wildman–Crippen MR) is 94.8 cm³/mol. The van der Waals surface area contributed by atoms with Gasteiger partial charge in [0.05, 0.1) is 6.42 Å². The van der Waals surface area contributed by atoms with Crippen LogP contribution in [0.15, 0.2) is 54.9 Å². The van der Waals surface area contributed by atoms with Crippen LogP contribution in [0.25, 0.3) is 17.1 Å². The van der Waals surface area contributed by atoms with E-state index in [0.29, 0.717) is 23.5 Å². The summed E-state index contributed by atoms with van der Waals surface area (Å²) in [5, 5.41) is 2.82. The lowest BCUT2D eigenvalue weighted by molar-refractivity contribution is -0.127. The van der Waals surface area contributed by atoms with Gasteiger partial charge in [0.15, 0.2) is 0 Å². The van der Waals surface area contributed by atoms with Crippen LogP contribution >= 0.6 is 0 Å². The lowest BCUT2D eigenvalue weighted by Crippen LogP contribution is -2.31. The molecule has 7 heteroatoms. The number of carbonyl (C=O) groups excluding carboxylic acids is 1. The first-order valence-electron chi connectivity index (χ1n) is 8.52. The second-order valence-corrected chi connectivity index (χ2v) is 6.46. The summed E-state index contributed by atoms with van der Waals surface area (Å²) >= 11 is 0.